The number of benzene rings is 1. The van der Waals surface area contributed by atoms with Crippen molar-refractivity contribution in [2.24, 2.45) is 5.92 Å². The SMILES string of the molecule is Cc1ccc(S(=O)(=O)N2CCCCC2C(=O)OCC(=O)NC(=O)NCCC(C)C)cc1. The summed E-state index contributed by atoms with van der Waals surface area (Å²) in [5.41, 5.74) is 0.924. The van der Waals surface area contributed by atoms with E-state index in [9.17, 15) is 22.8 Å². The zero-order chi connectivity index (χ0) is 23.0. The predicted molar refractivity (Wildman–Crippen MR) is 115 cm³/mol. The molecule has 0 saturated carbocycles. The molecule has 1 saturated heterocycles. The molecule has 2 rings (SSSR count). The molecule has 0 bridgehead atoms. The van der Waals surface area contributed by atoms with Gasteiger partial charge in [0.05, 0.1) is 4.90 Å². The van der Waals surface area contributed by atoms with Crippen LogP contribution in [0.3, 0.4) is 0 Å². The number of urea groups is 1. The Morgan fingerprint density at radius 3 is 2.48 bits per heavy atom. The Labute approximate surface area is 183 Å². The summed E-state index contributed by atoms with van der Waals surface area (Å²) < 4.78 is 32.2. The van der Waals surface area contributed by atoms with E-state index in [4.69, 9.17) is 4.74 Å². The predicted octanol–water partition coefficient (Wildman–Crippen LogP) is 1.95. The van der Waals surface area contributed by atoms with E-state index in [1.165, 1.54) is 12.1 Å². The molecule has 0 aromatic heterocycles. The molecule has 1 atom stereocenters. The van der Waals surface area contributed by atoms with Crippen LogP contribution < -0.4 is 10.6 Å². The smallest absolute Gasteiger partial charge is 0.324 e. The number of hydrogen-bond acceptors (Lipinski definition) is 6. The van der Waals surface area contributed by atoms with Crippen molar-refractivity contribution < 1.29 is 27.5 Å². The van der Waals surface area contributed by atoms with Crippen molar-refractivity contribution in [3.63, 3.8) is 0 Å². The Kier molecular flexibility index (Phi) is 9.00. The first kappa shape index (κ1) is 24.8. The second-order valence-corrected chi connectivity index (χ2v) is 9.93. The van der Waals surface area contributed by atoms with Crippen molar-refractivity contribution in [1.82, 2.24) is 14.9 Å². The highest BCUT2D eigenvalue weighted by Gasteiger charge is 2.38. The minimum atomic E-state index is -3.88. The highest BCUT2D eigenvalue weighted by atomic mass is 32.2. The van der Waals surface area contributed by atoms with Crippen LogP contribution in [0, 0.1) is 12.8 Å². The van der Waals surface area contributed by atoms with Crippen LogP contribution in [0.4, 0.5) is 4.79 Å². The first-order valence-electron chi connectivity index (χ1n) is 10.4. The van der Waals surface area contributed by atoms with Gasteiger partial charge in [-0.25, -0.2) is 13.2 Å². The number of amides is 3. The Bertz CT molecular complexity index is 883. The van der Waals surface area contributed by atoms with E-state index in [-0.39, 0.29) is 11.4 Å². The topological polar surface area (TPSA) is 122 Å². The number of sulfonamides is 1. The molecular formula is C21H31N3O6S. The molecule has 10 heteroatoms. The van der Waals surface area contributed by atoms with Crippen molar-refractivity contribution in [2.75, 3.05) is 19.7 Å². The van der Waals surface area contributed by atoms with Crippen molar-refractivity contribution in [2.45, 2.75) is 57.4 Å². The molecule has 172 valence electrons. The van der Waals surface area contributed by atoms with Gasteiger partial charge in [0.25, 0.3) is 5.91 Å². The summed E-state index contributed by atoms with van der Waals surface area (Å²) in [6.07, 6.45) is 2.38. The van der Waals surface area contributed by atoms with Crippen LogP contribution in [0.25, 0.3) is 0 Å². The fraction of sp³-hybridized carbons (Fsp3) is 0.571. The van der Waals surface area contributed by atoms with Crippen molar-refractivity contribution >= 4 is 27.9 Å². The number of carbonyl (C=O) groups is 3. The fourth-order valence-corrected chi connectivity index (χ4v) is 4.83. The van der Waals surface area contributed by atoms with Gasteiger partial charge in [-0.2, -0.15) is 4.31 Å². The number of rotatable bonds is 8. The van der Waals surface area contributed by atoms with Crippen LogP contribution in [-0.2, 0) is 24.3 Å². The van der Waals surface area contributed by atoms with Gasteiger partial charge in [0.1, 0.15) is 6.04 Å². The number of nitrogens with one attached hydrogen (secondary N) is 2. The molecule has 1 unspecified atom stereocenters. The molecule has 0 aliphatic carbocycles. The number of esters is 1. The number of piperidine rings is 1. The Balaban J connectivity index is 1.94. The number of carbonyl (C=O) groups excluding carboxylic acids is 3. The Morgan fingerprint density at radius 2 is 1.84 bits per heavy atom. The number of nitrogens with zero attached hydrogens (tertiary/aromatic N) is 1. The van der Waals surface area contributed by atoms with Crippen LogP contribution in [-0.4, -0.2) is 56.4 Å². The second kappa shape index (κ2) is 11.2. The maximum atomic E-state index is 13.0. The first-order valence-corrected chi connectivity index (χ1v) is 11.9. The molecular weight excluding hydrogens is 422 g/mol. The third-order valence-corrected chi connectivity index (χ3v) is 6.88. The third kappa shape index (κ3) is 7.32. The second-order valence-electron chi connectivity index (χ2n) is 8.03. The molecule has 0 spiro atoms. The van der Waals surface area contributed by atoms with Gasteiger partial charge in [-0.15, -0.1) is 0 Å². The molecule has 9 nitrogen and oxygen atoms in total. The monoisotopic (exact) mass is 453 g/mol. The van der Waals surface area contributed by atoms with E-state index in [0.717, 1.165) is 16.3 Å². The normalized spacial score (nSPS) is 17.2. The van der Waals surface area contributed by atoms with Crippen LogP contribution >= 0.6 is 0 Å². The molecule has 31 heavy (non-hydrogen) atoms. The minimum absolute atomic E-state index is 0.105. The standard InChI is InChI=1S/C21H31N3O6S/c1-15(2)11-12-22-21(27)23-19(25)14-30-20(26)18-6-4-5-13-24(18)31(28,29)17-9-7-16(3)8-10-17/h7-10,15,18H,4-6,11-14H2,1-3H3,(H2,22,23,25,27). The van der Waals surface area contributed by atoms with E-state index in [1.807, 2.05) is 20.8 Å². The number of hydrogen-bond donors (Lipinski definition) is 2. The molecule has 1 aromatic carbocycles. The lowest BCUT2D eigenvalue weighted by molar-refractivity contribution is -0.152. The van der Waals surface area contributed by atoms with Gasteiger partial charge in [0.15, 0.2) is 6.61 Å². The van der Waals surface area contributed by atoms with E-state index >= 15 is 0 Å². The third-order valence-electron chi connectivity index (χ3n) is 4.96. The average Bonchev–Trinajstić information content (AvgIpc) is 2.72. The van der Waals surface area contributed by atoms with Crippen LogP contribution in [0.5, 0.6) is 0 Å². The first-order chi connectivity index (χ1) is 14.6. The van der Waals surface area contributed by atoms with Gasteiger partial charge in [0, 0.05) is 13.1 Å². The summed E-state index contributed by atoms with van der Waals surface area (Å²) in [4.78, 5) is 36.2. The summed E-state index contributed by atoms with van der Waals surface area (Å²) in [5.74, 6) is -1.17. The molecule has 1 fully saturated rings. The molecule has 1 aliphatic rings. The van der Waals surface area contributed by atoms with Crippen molar-refractivity contribution in [3.05, 3.63) is 29.8 Å². The molecule has 3 amide bonds. The summed E-state index contributed by atoms with van der Waals surface area (Å²) >= 11 is 0. The summed E-state index contributed by atoms with van der Waals surface area (Å²) in [6, 6.07) is 4.73. The minimum Gasteiger partial charge on any atom is -0.454 e. The number of aryl methyl sites for hydroxylation is 1. The molecule has 2 N–H and O–H groups in total. The quantitative estimate of drug-likeness (QED) is 0.580. The lowest BCUT2D eigenvalue weighted by Gasteiger charge is -2.32. The zero-order valence-corrected chi connectivity index (χ0v) is 19.0. The summed E-state index contributed by atoms with van der Waals surface area (Å²) in [5, 5.41) is 4.63. The van der Waals surface area contributed by atoms with Crippen molar-refractivity contribution in [1.29, 1.82) is 0 Å². The molecule has 0 radical (unpaired) electrons. The van der Waals surface area contributed by atoms with Crippen LogP contribution in [0.1, 0.15) is 45.1 Å². The molecule has 1 aliphatic heterocycles. The van der Waals surface area contributed by atoms with Gasteiger partial charge in [-0.05, 0) is 50.7 Å². The summed E-state index contributed by atoms with van der Waals surface area (Å²) in [7, 11) is -3.88. The van der Waals surface area contributed by atoms with Gasteiger partial charge in [-0.3, -0.25) is 14.9 Å². The van der Waals surface area contributed by atoms with Gasteiger partial charge < -0.3 is 10.1 Å². The highest BCUT2D eigenvalue weighted by Crippen LogP contribution is 2.26. The zero-order valence-electron chi connectivity index (χ0n) is 18.2. The van der Waals surface area contributed by atoms with E-state index in [1.54, 1.807) is 12.1 Å². The number of ether oxygens (including phenoxy) is 1. The Hall–Kier alpha value is -2.46. The van der Waals surface area contributed by atoms with Crippen LogP contribution in [0.2, 0.25) is 0 Å². The van der Waals surface area contributed by atoms with E-state index < -0.39 is 40.6 Å². The van der Waals surface area contributed by atoms with E-state index in [0.29, 0.717) is 31.7 Å². The maximum Gasteiger partial charge on any atom is 0.324 e. The van der Waals surface area contributed by atoms with Crippen molar-refractivity contribution in [3.8, 4) is 0 Å². The fourth-order valence-electron chi connectivity index (χ4n) is 3.19. The molecule has 1 heterocycles. The average molecular weight is 454 g/mol. The van der Waals surface area contributed by atoms with Gasteiger partial charge in [-0.1, -0.05) is 31.5 Å². The van der Waals surface area contributed by atoms with Crippen LogP contribution in [0.15, 0.2) is 29.2 Å². The highest BCUT2D eigenvalue weighted by molar-refractivity contribution is 7.89. The lowest BCUT2D eigenvalue weighted by atomic mass is 10.1. The van der Waals surface area contributed by atoms with Gasteiger partial charge >= 0.3 is 12.0 Å². The Morgan fingerprint density at radius 1 is 1.16 bits per heavy atom. The van der Waals surface area contributed by atoms with Gasteiger partial charge in [0.2, 0.25) is 10.0 Å². The largest absolute Gasteiger partial charge is 0.454 e. The number of imide groups is 1. The van der Waals surface area contributed by atoms with E-state index in [2.05, 4.69) is 10.6 Å². The molecule has 1 aromatic rings. The lowest BCUT2D eigenvalue weighted by Crippen LogP contribution is -2.49. The maximum absolute atomic E-state index is 13.0. The summed E-state index contributed by atoms with van der Waals surface area (Å²) in [6.45, 7) is 5.83.